The summed E-state index contributed by atoms with van der Waals surface area (Å²) in [5.74, 6) is -0.0794. The number of aromatic nitrogens is 5. The second kappa shape index (κ2) is 6.49. The van der Waals surface area contributed by atoms with Crippen LogP contribution >= 0.6 is 0 Å². The zero-order valence-corrected chi connectivity index (χ0v) is 14.5. The molecular weight excluding hydrogens is 344 g/mol. The summed E-state index contributed by atoms with van der Waals surface area (Å²) in [6, 6.07) is 8.35. The van der Waals surface area contributed by atoms with Crippen LogP contribution in [0.4, 0.5) is 5.82 Å². The zero-order valence-electron chi connectivity index (χ0n) is 14.5. The highest BCUT2D eigenvalue weighted by Crippen LogP contribution is 2.28. The van der Waals surface area contributed by atoms with Crippen LogP contribution in [0, 0.1) is 0 Å². The Hall–Kier alpha value is -3.81. The molecule has 0 aliphatic heterocycles. The van der Waals surface area contributed by atoms with E-state index in [2.05, 4.69) is 19.9 Å². The number of aryl methyl sites for hydroxylation is 1. The van der Waals surface area contributed by atoms with Gasteiger partial charge in [-0.05, 0) is 25.1 Å². The minimum Gasteiger partial charge on any atom is -0.478 e. The molecule has 0 spiro atoms. The number of nitrogens with zero attached hydrogens (tertiary/aromatic N) is 5. The average Bonchev–Trinajstić information content (AvgIpc) is 3.07. The predicted molar refractivity (Wildman–Crippen MR) is 101 cm³/mol. The molecule has 0 aliphatic carbocycles. The van der Waals surface area contributed by atoms with Crippen molar-refractivity contribution >= 4 is 22.8 Å². The fourth-order valence-electron chi connectivity index (χ4n) is 2.97. The summed E-state index contributed by atoms with van der Waals surface area (Å²) in [7, 11) is 0. The standard InChI is InChI=1S/C19H16N6O2/c1-2-25-15-7-8-21-9-14(15)24-18(25)16-17(20)22-10-13(23-16)11-3-5-12(6-4-11)19(26)27/h3-10H,2H2,1H3,(H2,20,22)(H,26,27). The molecule has 0 saturated heterocycles. The van der Waals surface area contributed by atoms with Crippen LogP contribution in [0.5, 0.6) is 0 Å². The number of hydrogen-bond donors (Lipinski definition) is 2. The van der Waals surface area contributed by atoms with Gasteiger partial charge >= 0.3 is 5.97 Å². The van der Waals surface area contributed by atoms with Crippen molar-refractivity contribution < 1.29 is 9.90 Å². The summed E-state index contributed by atoms with van der Waals surface area (Å²) >= 11 is 0. The van der Waals surface area contributed by atoms with Gasteiger partial charge in [0.05, 0.1) is 29.2 Å². The lowest BCUT2D eigenvalue weighted by atomic mass is 10.1. The minimum atomic E-state index is -0.976. The third-order valence-electron chi connectivity index (χ3n) is 4.31. The fraction of sp³-hybridized carbons (Fsp3) is 0.105. The first-order chi connectivity index (χ1) is 13.1. The number of pyridine rings is 1. The van der Waals surface area contributed by atoms with Gasteiger partial charge in [-0.3, -0.25) is 4.98 Å². The lowest BCUT2D eigenvalue weighted by Gasteiger charge is -2.09. The van der Waals surface area contributed by atoms with Crippen molar-refractivity contribution in [2.45, 2.75) is 13.5 Å². The molecule has 3 aromatic heterocycles. The van der Waals surface area contributed by atoms with Gasteiger partial charge in [0.25, 0.3) is 0 Å². The Bertz CT molecular complexity index is 1150. The number of rotatable bonds is 4. The second-order valence-corrected chi connectivity index (χ2v) is 5.92. The molecular formula is C19H16N6O2. The zero-order chi connectivity index (χ0) is 19.0. The van der Waals surface area contributed by atoms with Crippen LogP contribution in [-0.4, -0.2) is 35.6 Å². The van der Waals surface area contributed by atoms with Crippen LogP contribution in [0.15, 0.2) is 48.9 Å². The molecule has 27 heavy (non-hydrogen) atoms. The van der Waals surface area contributed by atoms with E-state index in [0.29, 0.717) is 23.8 Å². The maximum atomic E-state index is 11.0. The van der Waals surface area contributed by atoms with Crippen LogP contribution in [0.25, 0.3) is 33.8 Å². The molecule has 0 amide bonds. The van der Waals surface area contributed by atoms with Crippen LogP contribution < -0.4 is 5.73 Å². The summed E-state index contributed by atoms with van der Waals surface area (Å²) in [4.78, 5) is 28.7. The third kappa shape index (κ3) is 2.86. The molecule has 8 heteroatoms. The van der Waals surface area contributed by atoms with Gasteiger partial charge < -0.3 is 15.4 Å². The molecule has 0 radical (unpaired) electrons. The normalized spacial score (nSPS) is 11.0. The van der Waals surface area contributed by atoms with Crippen molar-refractivity contribution in [2.75, 3.05) is 5.73 Å². The molecule has 3 heterocycles. The molecule has 134 valence electrons. The van der Waals surface area contributed by atoms with Gasteiger partial charge in [-0.2, -0.15) is 0 Å². The van der Waals surface area contributed by atoms with E-state index in [-0.39, 0.29) is 11.4 Å². The van der Waals surface area contributed by atoms with Gasteiger partial charge in [-0.25, -0.2) is 19.7 Å². The highest BCUT2D eigenvalue weighted by atomic mass is 16.4. The van der Waals surface area contributed by atoms with E-state index in [1.54, 1.807) is 30.7 Å². The third-order valence-corrected chi connectivity index (χ3v) is 4.31. The van der Waals surface area contributed by atoms with Gasteiger partial charge in [-0.1, -0.05) is 12.1 Å². The maximum Gasteiger partial charge on any atom is 0.335 e. The minimum absolute atomic E-state index is 0.211. The van der Waals surface area contributed by atoms with Crippen molar-refractivity contribution in [1.29, 1.82) is 0 Å². The van der Waals surface area contributed by atoms with E-state index >= 15 is 0 Å². The quantitative estimate of drug-likeness (QED) is 0.574. The van der Waals surface area contributed by atoms with Crippen LogP contribution in [-0.2, 0) is 6.54 Å². The number of hydrogen-bond acceptors (Lipinski definition) is 6. The number of imidazole rings is 1. The molecule has 4 aromatic rings. The van der Waals surface area contributed by atoms with Gasteiger partial charge in [0.15, 0.2) is 11.6 Å². The van der Waals surface area contributed by atoms with Gasteiger partial charge in [0.1, 0.15) is 11.2 Å². The van der Waals surface area contributed by atoms with E-state index in [9.17, 15) is 4.79 Å². The Morgan fingerprint density at radius 2 is 1.93 bits per heavy atom. The number of fused-ring (bicyclic) bond motifs is 1. The number of anilines is 1. The summed E-state index contributed by atoms with van der Waals surface area (Å²) in [6.07, 6.45) is 4.98. The van der Waals surface area contributed by atoms with Crippen molar-refractivity contribution in [3.8, 4) is 22.8 Å². The maximum absolute atomic E-state index is 11.0. The van der Waals surface area contributed by atoms with Crippen molar-refractivity contribution in [3.05, 3.63) is 54.5 Å². The number of carboxylic acids is 1. The fourth-order valence-corrected chi connectivity index (χ4v) is 2.97. The molecule has 0 fully saturated rings. The molecule has 1 aromatic carbocycles. The Labute approximate surface area is 154 Å². The Kier molecular flexibility index (Phi) is 4.00. The smallest absolute Gasteiger partial charge is 0.335 e. The Morgan fingerprint density at radius 3 is 2.63 bits per heavy atom. The van der Waals surface area contributed by atoms with Crippen LogP contribution in [0.3, 0.4) is 0 Å². The number of carbonyl (C=O) groups is 1. The van der Waals surface area contributed by atoms with E-state index in [1.165, 1.54) is 12.1 Å². The predicted octanol–water partition coefficient (Wildman–Crippen LogP) is 2.86. The van der Waals surface area contributed by atoms with Crippen LogP contribution in [0.1, 0.15) is 17.3 Å². The second-order valence-electron chi connectivity index (χ2n) is 5.92. The van der Waals surface area contributed by atoms with Crippen molar-refractivity contribution in [3.63, 3.8) is 0 Å². The number of nitrogen functional groups attached to an aromatic ring is 1. The molecule has 0 saturated carbocycles. The number of nitrogens with two attached hydrogens (primary N) is 1. The molecule has 8 nitrogen and oxygen atoms in total. The number of carboxylic acid groups (broad SMARTS) is 1. The highest BCUT2D eigenvalue weighted by Gasteiger charge is 2.17. The monoisotopic (exact) mass is 360 g/mol. The number of benzene rings is 1. The Balaban J connectivity index is 1.85. The molecule has 0 unspecified atom stereocenters. The first-order valence-electron chi connectivity index (χ1n) is 8.35. The van der Waals surface area contributed by atoms with E-state index in [1.807, 2.05) is 17.6 Å². The highest BCUT2D eigenvalue weighted by molar-refractivity contribution is 5.88. The first-order valence-corrected chi connectivity index (χ1v) is 8.35. The van der Waals surface area contributed by atoms with Crippen molar-refractivity contribution in [1.82, 2.24) is 24.5 Å². The lowest BCUT2D eigenvalue weighted by Crippen LogP contribution is -2.04. The first kappa shape index (κ1) is 16.6. The topological polar surface area (TPSA) is 120 Å². The summed E-state index contributed by atoms with van der Waals surface area (Å²) in [5, 5.41) is 9.04. The lowest BCUT2D eigenvalue weighted by molar-refractivity contribution is 0.0697. The van der Waals surface area contributed by atoms with Gasteiger partial charge in [0.2, 0.25) is 0 Å². The molecule has 0 aliphatic rings. The van der Waals surface area contributed by atoms with Gasteiger partial charge in [0, 0.05) is 18.3 Å². The summed E-state index contributed by atoms with van der Waals surface area (Å²) < 4.78 is 2.01. The molecule has 0 bridgehead atoms. The molecule has 4 rings (SSSR count). The SMILES string of the molecule is CCn1c(-c2nc(-c3ccc(C(=O)O)cc3)cnc2N)nc2cnccc21. The molecule has 0 atom stereocenters. The number of aromatic carboxylic acids is 1. The van der Waals surface area contributed by atoms with Gasteiger partial charge in [-0.15, -0.1) is 0 Å². The average molecular weight is 360 g/mol. The summed E-state index contributed by atoms with van der Waals surface area (Å²) in [5.41, 5.74) is 9.81. The molecule has 3 N–H and O–H groups in total. The van der Waals surface area contributed by atoms with Crippen LogP contribution in [0.2, 0.25) is 0 Å². The Morgan fingerprint density at radius 1 is 1.15 bits per heavy atom. The van der Waals surface area contributed by atoms with E-state index in [4.69, 9.17) is 10.8 Å². The summed E-state index contributed by atoms with van der Waals surface area (Å²) in [6.45, 7) is 2.71. The largest absolute Gasteiger partial charge is 0.478 e. The van der Waals surface area contributed by atoms with Crippen molar-refractivity contribution in [2.24, 2.45) is 0 Å². The van der Waals surface area contributed by atoms with E-state index in [0.717, 1.165) is 16.6 Å². The van der Waals surface area contributed by atoms with E-state index < -0.39 is 5.97 Å².